The second kappa shape index (κ2) is 11.0. The summed E-state index contributed by atoms with van der Waals surface area (Å²) in [5.41, 5.74) is 8.23. The number of aromatic nitrogens is 3. The predicted octanol–water partition coefficient (Wildman–Crippen LogP) is 0.734. The Morgan fingerprint density at radius 3 is 2.32 bits per heavy atom. The normalized spacial score (nSPS) is 12.7. The third-order valence-electron chi connectivity index (χ3n) is 7.52. The second-order valence-corrected chi connectivity index (χ2v) is 10.4. The highest BCUT2D eigenvalue weighted by Crippen LogP contribution is 2.26. The van der Waals surface area contributed by atoms with Gasteiger partial charge in [-0.25, -0.2) is 9.78 Å². The summed E-state index contributed by atoms with van der Waals surface area (Å²) in [7, 11) is 0. The Hall–Kier alpha value is -6.05. The molecule has 14 heteroatoms. The number of imidazole rings is 1. The summed E-state index contributed by atoms with van der Waals surface area (Å²) >= 11 is 0. The largest absolute Gasteiger partial charge is 0.492 e. The van der Waals surface area contributed by atoms with E-state index in [1.165, 1.54) is 28.8 Å². The number of hydrogen-bond acceptors (Lipinski definition) is 10. The maximum atomic E-state index is 13.3. The van der Waals surface area contributed by atoms with Crippen LogP contribution in [0.4, 0.5) is 11.4 Å². The molecule has 0 aliphatic carbocycles. The van der Waals surface area contributed by atoms with Crippen molar-refractivity contribution in [3.8, 4) is 5.88 Å². The van der Waals surface area contributed by atoms with Gasteiger partial charge in [0.05, 0.1) is 11.8 Å². The lowest BCUT2D eigenvalue weighted by Crippen LogP contribution is -2.44. The molecule has 0 spiro atoms. The number of nitrogen functional groups attached to an aromatic ring is 1. The van der Waals surface area contributed by atoms with Crippen molar-refractivity contribution >= 4 is 34.9 Å². The summed E-state index contributed by atoms with van der Waals surface area (Å²) in [6, 6.07) is 13.0. The molecule has 3 aromatic carbocycles. The van der Waals surface area contributed by atoms with Gasteiger partial charge < -0.3 is 31.5 Å². The number of nitrogens with zero attached hydrogens (tertiary/aromatic N) is 4. The minimum atomic E-state index is -1.06. The number of fused-ring (bicyclic) bond motifs is 2. The molecule has 0 fully saturated rings. The highest BCUT2D eigenvalue weighted by Gasteiger charge is 2.27. The lowest BCUT2D eigenvalue weighted by molar-refractivity contribution is 0.0696. The minimum Gasteiger partial charge on any atom is -0.492 e. The van der Waals surface area contributed by atoms with Crippen LogP contribution in [-0.2, 0) is 26.1 Å². The molecular formula is C30H25N7O7. The summed E-state index contributed by atoms with van der Waals surface area (Å²) in [5, 5.41) is 24.5. The highest BCUT2D eigenvalue weighted by molar-refractivity contribution is 5.98. The minimum absolute atomic E-state index is 0.0125. The first-order valence-corrected chi connectivity index (χ1v) is 13.5. The van der Waals surface area contributed by atoms with Gasteiger partial charge in [-0.15, -0.1) is 0 Å². The van der Waals surface area contributed by atoms with Gasteiger partial charge in [0.15, 0.2) is 0 Å². The molecule has 6 N–H and O–H groups in total. The van der Waals surface area contributed by atoms with Crippen LogP contribution in [0.5, 0.6) is 5.88 Å². The molecule has 0 unspecified atom stereocenters. The molecule has 3 heterocycles. The Morgan fingerprint density at radius 1 is 0.886 bits per heavy atom. The fraction of sp³-hybridized carbons (Fsp3) is 0.167. The average Bonchev–Trinajstić information content (AvgIpc) is 3.41. The zero-order valence-corrected chi connectivity index (χ0v) is 23.0. The third kappa shape index (κ3) is 5.19. The van der Waals surface area contributed by atoms with Crippen LogP contribution in [0.1, 0.15) is 53.6 Å². The molecule has 6 rings (SSSR count). The summed E-state index contributed by atoms with van der Waals surface area (Å²) < 4.78 is 1.27. The molecule has 14 nitrogen and oxygen atoms in total. The smallest absolute Gasteiger partial charge is 0.335 e. The number of hydrogen-bond donors (Lipinski definition) is 5. The van der Waals surface area contributed by atoms with E-state index in [-0.39, 0.29) is 53.1 Å². The van der Waals surface area contributed by atoms with E-state index in [2.05, 4.69) is 20.6 Å². The second-order valence-electron chi connectivity index (χ2n) is 10.4. The zero-order chi connectivity index (χ0) is 31.1. The van der Waals surface area contributed by atoms with E-state index in [9.17, 15) is 29.1 Å². The van der Waals surface area contributed by atoms with E-state index < -0.39 is 28.6 Å². The molecule has 0 bridgehead atoms. The number of anilines is 2. The van der Waals surface area contributed by atoms with Crippen LogP contribution in [0, 0.1) is 0 Å². The van der Waals surface area contributed by atoms with Crippen LogP contribution in [0.3, 0.4) is 0 Å². The van der Waals surface area contributed by atoms with Crippen molar-refractivity contribution in [1.82, 2.24) is 25.0 Å². The number of carboxylic acid groups (broad SMARTS) is 1. The van der Waals surface area contributed by atoms with Gasteiger partial charge in [-0.1, -0.05) is 30.3 Å². The van der Waals surface area contributed by atoms with E-state index in [1.807, 2.05) is 18.2 Å². The van der Waals surface area contributed by atoms with Crippen molar-refractivity contribution in [3.63, 3.8) is 0 Å². The van der Waals surface area contributed by atoms with Crippen LogP contribution in [-0.4, -0.2) is 48.9 Å². The quantitative estimate of drug-likeness (QED) is 0.158. The fourth-order valence-electron chi connectivity index (χ4n) is 5.18. The summed E-state index contributed by atoms with van der Waals surface area (Å²) in [5.74, 6) is -2.66. The first kappa shape index (κ1) is 28.1. The number of carboxylic acids is 1. The van der Waals surface area contributed by atoms with Crippen molar-refractivity contribution in [2.75, 3.05) is 17.2 Å². The van der Waals surface area contributed by atoms with Crippen molar-refractivity contribution in [3.05, 3.63) is 114 Å². The van der Waals surface area contributed by atoms with Gasteiger partial charge in [-0.3, -0.25) is 23.6 Å². The van der Waals surface area contributed by atoms with Crippen LogP contribution in [0.2, 0.25) is 0 Å². The van der Waals surface area contributed by atoms with E-state index in [1.54, 1.807) is 17.0 Å². The molecule has 222 valence electrons. The highest BCUT2D eigenvalue weighted by atomic mass is 16.4. The van der Waals surface area contributed by atoms with E-state index >= 15 is 0 Å². The van der Waals surface area contributed by atoms with Crippen LogP contribution < -0.4 is 32.1 Å². The average molecular weight is 596 g/mol. The molecule has 0 saturated carbocycles. The lowest BCUT2D eigenvalue weighted by atomic mass is 9.96. The maximum Gasteiger partial charge on any atom is 0.335 e. The number of rotatable bonds is 8. The summed E-state index contributed by atoms with van der Waals surface area (Å²) in [6.45, 7) is 1.16. The van der Waals surface area contributed by atoms with Crippen LogP contribution in [0.25, 0.3) is 5.78 Å². The van der Waals surface area contributed by atoms with Crippen LogP contribution in [0.15, 0.2) is 64.3 Å². The summed E-state index contributed by atoms with van der Waals surface area (Å²) in [6.07, 6.45) is 1.88. The first-order valence-electron chi connectivity index (χ1n) is 13.5. The Labute approximate surface area is 248 Å². The number of amides is 2. The molecule has 0 atom stereocenters. The lowest BCUT2D eigenvalue weighted by Gasteiger charge is -2.32. The van der Waals surface area contributed by atoms with Crippen molar-refractivity contribution < 1.29 is 24.6 Å². The Bertz CT molecular complexity index is 2040. The molecule has 2 aromatic heterocycles. The Balaban J connectivity index is 1.16. The maximum absolute atomic E-state index is 13.3. The van der Waals surface area contributed by atoms with Gasteiger partial charge in [0.25, 0.3) is 22.7 Å². The van der Waals surface area contributed by atoms with Gasteiger partial charge in [0.2, 0.25) is 11.7 Å². The standard InChI is InChI=1S/C30H25N7O7/c31-23-24(26(40)25(23)39)36-8-7-17-4-3-16(9-19(17)13-36)12-33-28(42)21-10-20(34-30-35-22(38)14-37(21)30)27(41)32-11-15-1-5-18(6-2-15)29(43)44/h1-6,9-10,14,38H,7-8,11-13,31H2,(H,32,41)(H,33,42)(H,43,44). The van der Waals surface area contributed by atoms with Gasteiger partial charge >= 0.3 is 5.97 Å². The zero-order valence-electron chi connectivity index (χ0n) is 23.0. The number of aromatic hydroxyl groups is 1. The van der Waals surface area contributed by atoms with Gasteiger partial charge in [0.1, 0.15) is 22.8 Å². The molecule has 44 heavy (non-hydrogen) atoms. The molecule has 0 radical (unpaired) electrons. The van der Waals surface area contributed by atoms with Gasteiger partial charge in [-0.2, -0.15) is 4.98 Å². The fourth-order valence-corrected chi connectivity index (χ4v) is 5.18. The molecule has 2 amide bonds. The van der Waals surface area contributed by atoms with Crippen molar-refractivity contribution in [1.29, 1.82) is 0 Å². The monoisotopic (exact) mass is 595 g/mol. The Morgan fingerprint density at radius 2 is 1.59 bits per heavy atom. The number of nitrogens with two attached hydrogens (primary N) is 1. The Kier molecular flexibility index (Phi) is 7.01. The predicted molar refractivity (Wildman–Crippen MR) is 157 cm³/mol. The number of benzene rings is 2. The number of nitrogens with one attached hydrogen (secondary N) is 2. The SMILES string of the molecule is Nc1c(N2CCc3ccc(CNC(=O)c4cc(C(=O)NCc5ccc(C(=O)O)cc5)nc5nc(O)cn45)cc3C2)c(=O)c1=O. The topological polar surface area (TPSA) is 209 Å². The first-order chi connectivity index (χ1) is 21.1. The number of carbonyl (C=O) groups excluding carboxylic acids is 2. The molecule has 5 aromatic rings. The van der Waals surface area contributed by atoms with Crippen LogP contribution >= 0.6 is 0 Å². The molecule has 1 aliphatic heterocycles. The molecular weight excluding hydrogens is 570 g/mol. The molecule has 0 saturated heterocycles. The third-order valence-corrected chi connectivity index (χ3v) is 7.52. The molecule has 1 aliphatic rings. The summed E-state index contributed by atoms with van der Waals surface area (Å²) in [4.78, 5) is 70.7. The number of aromatic carboxylic acids is 1. The van der Waals surface area contributed by atoms with Gasteiger partial charge in [-0.05, 0) is 46.9 Å². The number of carbonyl (C=O) groups is 3. The van der Waals surface area contributed by atoms with Gasteiger partial charge in [0, 0.05) is 26.2 Å². The van der Waals surface area contributed by atoms with E-state index in [0.717, 1.165) is 16.7 Å². The van der Waals surface area contributed by atoms with E-state index in [0.29, 0.717) is 25.1 Å². The van der Waals surface area contributed by atoms with Crippen molar-refractivity contribution in [2.45, 2.75) is 26.1 Å². The van der Waals surface area contributed by atoms with E-state index in [4.69, 9.17) is 10.8 Å². The van der Waals surface area contributed by atoms with Crippen molar-refractivity contribution in [2.24, 2.45) is 0 Å².